The van der Waals surface area contributed by atoms with Gasteiger partial charge in [0.25, 0.3) is 5.91 Å². The fourth-order valence-corrected chi connectivity index (χ4v) is 3.25. The van der Waals surface area contributed by atoms with E-state index in [0.29, 0.717) is 17.3 Å². The molecule has 25 heavy (non-hydrogen) atoms. The molecule has 1 aliphatic heterocycles. The maximum atomic E-state index is 12.7. The fourth-order valence-electron chi connectivity index (χ4n) is 3.25. The number of aromatic amines is 1. The van der Waals surface area contributed by atoms with Crippen LogP contribution in [0.4, 0.5) is 0 Å². The van der Waals surface area contributed by atoms with Gasteiger partial charge in [-0.05, 0) is 31.0 Å². The molecule has 1 fully saturated rings. The Bertz CT molecular complexity index is 872. The van der Waals surface area contributed by atoms with Gasteiger partial charge in [-0.15, -0.1) is 0 Å². The maximum absolute atomic E-state index is 12.7. The lowest BCUT2D eigenvalue weighted by Gasteiger charge is -2.15. The molecule has 1 aliphatic rings. The summed E-state index contributed by atoms with van der Waals surface area (Å²) >= 11 is 0. The Labute approximate surface area is 145 Å². The minimum atomic E-state index is -0.00428. The van der Waals surface area contributed by atoms with Gasteiger partial charge in [0.1, 0.15) is 5.69 Å². The van der Waals surface area contributed by atoms with E-state index in [-0.39, 0.29) is 5.91 Å². The second-order valence-electron chi connectivity index (χ2n) is 6.45. The first kappa shape index (κ1) is 15.5. The molecular weight excluding hydrogens is 314 g/mol. The van der Waals surface area contributed by atoms with Crippen molar-refractivity contribution in [2.24, 2.45) is 0 Å². The number of nitrogens with one attached hydrogen (secondary N) is 1. The number of H-pyrrole nitrogens is 1. The molecule has 1 aromatic carbocycles. The van der Waals surface area contributed by atoms with Crippen LogP contribution >= 0.6 is 0 Å². The average Bonchev–Trinajstić information content (AvgIpc) is 3.33. The van der Waals surface area contributed by atoms with E-state index in [0.717, 1.165) is 25.1 Å². The number of rotatable bonds is 3. The van der Waals surface area contributed by atoms with Gasteiger partial charge < -0.3 is 4.90 Å². The SMILES string of the molecule is Cc1ccc(C2CCN(C(=O)c3cc(-c4ccnnc4)n[nH]3)C2)cc1. The van der Waals surface area contributed by atoms with Crippen molar-refractivity contribution in [1.82, 2.24) is 25.3 Å². The minimum absolute atomic E-state index is 0.00428. The van der Waals surface area contributed by atoms with E-state index in [4.69, 9.17) is 0 Å². The number of hydrogen-bond donors (Lipinski definition) is 1. The maximum Gasteiger partial charge on any atom is 0.271 e. The van der Waals surface area contributed by atoms with Gasteiger partial charge in [0.2, 0.25) is 0 Å². The van der Waals surface area contributed by atoms with Crippen LogP contribution in [0.1, 0.15) is 34.0 Å². The van der Waals surface area contributed by atoms with Crippen molar-refractivity contribution in [3.8, 4) is 11.3 Å². The smallest absolute Gasteiger partial charge is 0.271 e. The standard InChI is InChI=1S/C19H19N5O/c1-13-2-4-14(5-3-13)16-7-9-24(12-16)19(25)18-10-17(22-23-18)15-6-8-20-21-11-15/h2-6,8,10-11,16H,7,9,12H2,1H3,(H,22,23). The summed E-state index contributed by atoms with van der Waals surface area (Å²) in [4.78, 5) is 14.6. The molecule has 6 nitrogen and oxygen atoms in total. The molecular formula is C19H19N5O. The Kier molecular flexibility index (Phi) is 4.01. The van der Waals surface area contributed by atoms with Gasteiger partial charge >= 0.3 is 0 Å². The van der Waals surface area contributed by atoms with E-state index in [2.05, 4.69) is 51.6 Å². The molecule has 1 amide bonds. The third kappa shape index (κ3) is 3.15. The lowest BCUT2D eigenvalue weighted by molar-refractivity contribution is 0.0785. The van der Waals surface area contributed by atoms with Crippen LogP contribution in [0.3, 0.4) is 0 Å². The lowest BCUT2D eigenvalue weighted by atomic mass is 9.98. The molecule has 2 aromatic heterocycles. The molecule has 0 aliphatic carbocycles. The van der Waals surface area contributed by atoms with Crippen molar-refractivity contribution in [2.45, 2.75) is 19.3 Å². The van der Waals surface area contributed by atoms with Gasteiger partial charge in [0.15, 0.2) is 0 Å². The Morgan fingerprint density at radius 1 is 1.20 bits per heavy atom. The van der Waals surface area contributed by atoms with Crippen LogP contribution in [0.5, 0.6) is 0 Å². The zero-order chi connectivity index (χ0) is 17.2. The summed E-state index contributed by atoms with van der Waals surface area (Å²) in [5.41, 5.74) is 4.60. The molecule has 4 rings (SSSR count). The number of amides is 1. The molecule has 0 radical (unpaired) electrons. The van der Waals surface area contributed by atoms with E-state index in [1.54, 1.807) is 18.5 Å². The number of aromatic nitrogens is 4. The molecule has 126 valence electrons. The summed E-state index contributed by atoms with van der Waals surface area (Å²) in [6.07, 6.45) is 4.23. The third-order valence-corrected chi connectivity index (χ3v) is 4.71. The van der Waals surface area contributed by atoms with Gasteiger partial charge in [0, 0.05) is 24.6 Å². The fraction of sp³-hybridized carbons (Fsp3) is 0.263. The lowest BCUT2D eigenvalue weighted by Crippen LogP contribution is -2.28. The molecule has 1 saturated heterocycles. The monoisotopic (exact) mass is 333 g/mol. The highest BCUT2D eigenvalue weighted by atomic mass is 16.2. The number of carbonyl (C=O) groups is 1. The van der Waals surface area contributed by atoms with Crippen molar-refractivity contribution in [3.05, 3.63) is 65.6 Å². The van der Waals surface area contributed by atoms with Crippen LogP contribution < -0.4 is 0 Å². The normalized spacial score (nSPS) is 17.0. The second kappa shape index (κ2) is 6.47. The summed E-state index contributed by atoms with van der Waals surface area (Å²) in [5, 5.41) is 14.7. The summed E-state index contributed by atoms with van der Waals surface area (Å²) in [6.45, 7) is 3.60. The Morgan fingerprint density at radius 2 is 2.04 bits per heavy atom. The van der Waals surface area contributed by atoms with Gasteiger partial charge in [-0.3, -0.25) is 9.89 Å². The summed E-state index contributed by atoms with van der Waals surface area (Å²) in [7, 11) is 0. The zero-order valence-corrected chi connectivity index (χ0v) is 14.0. The van der Waals surface area contributed by atoms with Crippen molar-refractivity contribution < 1.29 is 4.79 Å². The highest BCUT2D eigenvalue weighted by Crippen LogP contribution is 2.28. The summed E-state index contributed by atoms with van der Waals surface area (Å²) < 4.78 is 0. The summed E-state index contributed by atoms with van der Waals surface area (Å²) in [5.74, 6) is 0.395. The quantitative estimate of drug-likeness (QED) is 0.800. The third-order valence-electron chi connectivity index (χ3n) is 4.71. The second-order valence-corrected chi connectivity index (χ2v) is 6.45. The number of nitrogens with zero attached hydrogens (tertiary/aromatic N) is 4. The van der Waals surface area contributed by atoms with Gasteiger partial charge in [-0.25, -0.2) is 0 Å². The molecule has 6 heteroatoms. The first-order valence-electron chi connectivity index (χ1n) is 8.39. The van der Waals surface area contributed by atoms with E-state index in [1.165, 1.54) is 11.1 Å². The van der Waals surface area contributed by atoms with Crippen molar-refractivity contribution in [1.29, 1.82) is 0 Å². The molecule has 1 unspecified atom stereocenters. The van der Waals surface area contributed by atoms with Crippen LogP contribution in [0.15, 0.2) is 48.8 Å². The molecule has 0 bridgehead atoms. The van der Waals surface area contributed by atoms with E-state index in [1.807, 2.05) is 11.0 Å². The summed E-state index contributed by atoms with van der Waals surface area (Å²) in [6, 6.07) is 12.2. The Balaban J connectivity index is 1.47. The highest BCUT2D eigenvalue weighted by Gasteiger charge is 2.28. The van der Waals surface area contributed by atoms with Crippen molar-refractivity contribution >= 4 is 5.91 Å². The molecule has 3 aromatic rings. The number of carbonyl (C=O) groups excluding carboxylic acids is 1. The van der Waals surface area contributed by atoms with Gasteiger partial charge in [-0.1, -0.05) is 29.8 Å². The predicted molar refractivity (Wildman–Crippen MR) is 94.1 cm³/mol. The molecule has 1 atom stereocenters. The molecule has 3 heterocycles. The van der Waals surface area contributed by atoms with E-state index in [9.17, 15) is 4.79 Å². The van der Waals surface area contributed by atoms with Crippen LogP contribution in [0.25, 0.3) is 11.3 Å². The highest BCUT2D eigenvalue weighted by molar-refractivity contribution is 5.93. The zero-order valence-electron chi connectivity index (χ0n) is 14.0. The van der Waals surface area contributed by atoms with Crippen LogP contribution in [0.2, 0.25) is 0 Å². The Hall–Kier alpha value is -3.02. The molecule has 0 saturated carbocycles. The van der Waals surface area contributed by atoms with Crippen molar-refractivity contribution in [2.75, 3.05) is 13.1 Å². The average molecular weight is 333 g/mol. The molecule has 0 spiro atoms. The van der Waals surface area contributed by atoms with E-state index < -0.39 is 0 Å². The van der Waals surface area contributed by atoms with Crippen molar-refractivity contribution in [3.63, 3.8) is 0 Å². The number of aryl methyl sites for hydroxylation is 1. The minimum Gasteiger partial charge on any atom is -0.337 e. The number of likely N-dealkylation sites (tertiary alicyclic amines) is 1. The topological polar surface area (TPSA) is 74.8 Å². The largest absolute Gasteiger partial charge is 0.337 e. The van der Waals surface area contributed by atoms with Gasteiger partial charge in [-0.2, -0.15) is 15.3 Å². The Morgan fingerprint density at radius 3 is 2.80 bits per heavy atom. The first-order valence-corrected chi connectivity index (χ1v) is 8.39. The number of hydrogen-bond acceptors (Lipinski definition) is 4. The van der Waals surface area contributed by atoms with Crippen LogP contribution in [-0.4, -0.2) is 44.3 Å². The van der Waals surface area contributed by atoms with Gasteiger partial charge in [0.05, 0.1) is 18.1 Å². The predicted octanol–water partition coefficient (Wildman–Crippen LogP) is 2.80. The van der Waals surface area contributed by atoms with E-state index >= 15 is 0 Å². The molecule has 1 N–H and O–H groups in total. The first-order chi connectivity index (χ1) is 12.2. The van der Waals surface area contributed by atoms with Crippen LogP contribution in [0, 0.1) is 6.92 Å². The van der Waals surface area contributed by atoms with Crippen LogP contribution in [-0.2, 0) is 0 Å². The number of benzene rings is 1.